The molecule has 1 amide bonds. The molecule has 0 unspecified atom stereocenters. The third-order valence-electron chi connectivity index (χ3n) is 5.36. The fourth-order valence-corrected chi connectivity index (χ4v) is 3.53. The maximum atomic E-state index is 13.0. The summed E-state index contributed by atoms with van der Waals surface area (Å²) in [4.78, 5) is 27.6. The minimum absolute atomic E-state index is 0.254. The lowest BCUT2D eigenvalue weighted by Gasteiger charge is -2.27. The first kappa shape index (κ1) is 20.2. The average Bonchev–Trinajstić information content (AvgIpc) is 3.06. The van der Waals surface area contributed by atoms with E-state index in [0.717, 1.165) is 35.2 Å². The van der Waals surface area contributed by atoms with Crippen LogP contribution in [-0.4, -0.2) is 53.7 Å². The molecule has 0 aliphatic carbocycles. The zero-order chi connectivity index (χ0) is 21.1. The highest BCUT2D eigenvalue weighted by atomic mass is 16.5. The summed E-state index contributed by atoms with van der Waals surface area (Å²) in [5, 5.41) is 7.36. The second-order valence-corrected chi connectivity index (χ2v) is 7.55. The van der Waals surface area contributed by atoms with Gasteiger partial charge in [-0.3, -0.25) is 4.79 Å². The molecule has 1 fully saturated rings. The molecule has 3 N–H and O–H groups in total. The predicted molar refractivity (Wildman–Crippen MR) is 120 cm³/mol. The Hall–Kier alpha value is -3.13. The lowest BCUT2D eigenvalue weighted by atomic mass is 10.1. The monoisotopic (exact) mass is 408 g/mol. The molecular formula is C22H28N6O2. The van der Waals surface area contributed by atoms with Crippen LogP contribution in [0, 0.1) is 13.8 Å². The highest BCUT2D eigenvalue weighted by Crippen LogP contribution is 2.25. The summed E-state index contributed by atoms with van der Waals surface area (Å²) in [5.74, 6) is 0.957. The predicted octanol–water partition coefficient (Wildman–Crippen LogP) is 3.49. The number of carbonyl (C=O) groups is 1. The maximum Gasteiger partial charge on any atom is 0.274 e. The summed E-state index contributed by atoms with van der Waals surface area (Å²) in [5.41, 5.74) is 4.46. The Bertz CT molecular complexity index is 1060. The highest BCUT2D eigenvalue weighted by molar-refractivity contribution is 6.04. The number of hydrogen-bond acceptors (Lipinski definition) is 6. The molecule has 0 atom stereocenters. The van der Waals surface area contributed by atoms with Crippen molar-refractivity contribution in [2.24, 2.45) is 0 Å². The zero-order valence-electron chi connectivity index (χ0n) is 17.7. The molecular weight excluding hydrogens is 380 g/mol. The number of nitrogens with zero attached hydrogens (tertiary/aromatic N) is 3. The first-order valence-corrected chi connectivity index (χ1v) is 10.4. The zero-order valence-corrected chi connectivity index (χ0v) is 17.7. The molecule has 30 heavy (non-hydrogen) atoms. The number of aromatic nitrogens is 3. The van der Waals surface area contributed by atoms with Crippen LogP contribution in [0.4, 0.5) is 17.5 Å². The van der Waals surface area contributed by atoms with Crippen molar-refractivity contribution in [3.8, 4) is 0 Å². The summed E-state index contributed by atoms with van der Waals surface area (Å²) >= 11 is 0. The average molecular weight is 409 g/mol. The maximum absolute atomic E-state index is 13.0. The van der Waals surface area contributed by atoms with Gasteiger partial charge in [0.05, 0.1) is 13.2 Å². The summed E-state index contributed by atoms with van der Waals surface area (Å²) < 4.78 is 5.42. The first-order valence-electron chi connectivity index (χ1n) is 10.4. The fraction of sp³-hybridized carbons (Fsp3) is 0.409. The van der Waals surface area contributed by atoms with Gasteiger partial charge in [0, 0.05) is 48.0 Å². The largest absolute Gasteiger partial charge is 0.378 e. The van der Waals surface area contributed by atoms with Crippen molar-refractivity contribution >= 4 is 34.3 Å². The van der Waals surface area contributed by atoms with Crippen LogP contribution < -0.4 is 15.5 Å². The summed E-state index contributed by atoms with van der Waals surface area (Å²) in [6, 6.07) is 7.58. The van der Waals surface area contributed by atoms with Gasteiger partial charge in [0.1, 0.15) is 11.5 Å². The molecule has 1 saturated heterocycles. The van der Waals surface area contributed by atoms with Crippen LogP contribution in [0.25, 0.3) is 10.9 Å². The number of H-pyrrole nitrogens is 1. The number of carbonyl (C=O) groups excluding carboxylic acids is 1. The number of nitrogens with one attached hydrogen (secondary N) is 3. The molecule has 2 aromatic heterocycles. The molecule has 0 spiro atoms. The lowest BCUT2D eigenvalue weighted by molar-refractivity contribution is 0.102. The van der Waals surface area contributed by atoms with Crippen LogP contribution in [0.5, 0.6) is 0 Å². The van der Waals surface area contributed by atoms with Crippen molar-refractivity contribution in [3.63, 3.8) is 0 Å². The number of morpholine rings is 1. The van der Waals surface area contributed by atoms with E-state index in [1.54, 1.807) is 6.07 Å². The van der Waals surface area contributed by atoms with E-state index in [1.807, 2.05) is 25.1 Å². The Morgan fingerprint density at radius 3 is 2.77 bits per heavy atom. The molecule has 1 aliphatic heterocycles. The van der Waals surface area contributed by atoms with Gasteiger partial charge in [-0.15, -0.1) is 0 Å². The number of aromatic amines is 1. The molecule has 0 saturated carbocycles. The Balaban J connectivity index is 1.61. The molecule has 1 aromatic carbocycles. The molecule has 8 nitrogen and oxygen atoms in total. The molecule has 158 valence electrons. The molecule has 8 heteroatoms. The minimum Gasteiger partial charge on any atom is -0.378 e. The number of fused-ring (bicyclic) bond motifs is 1. The van der Waals surface area contributed by atoms with Gasteiger partial charge >= 0.3 is 0 Å². The second-order valence-electron chi connectivity index (χ2n) is 7.55. The highest BCUT2D eigenvalue weighted by Gasteiger charge is 2.19. The van der Waals surface area contributed by atoms with Gasteiger partial charge in [-0.05, 0) is 44.0 Å². The smallest absolute Gasteiger partial charge is 0.274 e. The number of aryl methyl sites for hydroxylation is 2. The Kier molecular flexibility index (Phi) is 5.85. The number of ether oxygens (including phenoxy) is 1. The second kappa shape index (κ2) is 8.71. The molecule has 0 bridgehead atoms. The Morgan fingerprint density at radius 1 is 1.20 bits per heavy atom. The molecule has 3 aromatic rings. The van der Waals surface area contributed by atoms with Crippen molar-refractivity contribution in [3.05, 3.63) is 41.2 Å². The van der Waals surface area contributed by atoms with Crippen LogP contribution in [0.3, 0.4) is 0 Å². The first-order chi connectivity index (χ1) is 14.5. The fourth-order valence-electron chi connectivity index (χ4n) is 3.53. The normalized spacial score (nSPS) is 14.2. The van der Waals surface area contributed by atoms with Crippen molar-refractivity contribution in [1.82, 2.24) is 15.0 Å². The van der Waals surface area contributed by atoms with Gasteiger partial charge in [-0.2, -0.15) is 4.98 Å². The van der Waals surface area contributed by atoms with E-state index in [2.05, 4.69) is 44.3 Å². The van der Waals surface area contributed by atoms with Crippen LogP contribution in [0.2, 0.25) is 0 Å². The number of hydrogen-bond donors (Lipinski definition) is 3. The van der Waals surface area contributed by atoms with Crippen LogP contribution >= 0.6 is 0 Å². The number of anilines is 3. The van der Waals surface area contributed by atoms with Crippen molar-refractivity contribution < 1.29 is 9.53 Å². The summed E-state index contributed by atoms with van der Waals surface area (Å²) in [6.45, 7) is 9.67. The van der Waals surface area contributed by atoms with Crippen molar-refractivity contribution in [1.29, 1.82) is 0 Å². The van der Waals surface area contributed by atoms with Gasteiger partial charge in [0.25, 0.3) is 5.91 Å². The Morgan fingerprint density at radius 2 is 2.00 bits per heavy atom. The van der Waals surface area contributed by atoms with E-state index in [4.69, 9.17) is 4.74 Å². The van der Waals surface area contributed by atoms with Crippen LogP contribution in [0.15, 0.2) is 24.3 Å². The molecule has 4 rings (SSSR count). The van der Waals surface area contributed by atoms with E-state index in [9.17, 15) is 4.79 Å². The molecule has 1 aliphatic rings. The van der Waals surface area contributed by atoms with E-state index < -0.39 is 0 Å². The molecule has 3 heterocycles. The SMILES string of the molecule is CCCNc1cc(C(=O)Nc2ccc3[nH]c(C)c(C)c3c2)nc(N2CCOCC2)n1. The van der Waals surface area contributed by atoms with E-state index >= 15 is 0 Å². The van der Waals surface area contributed by atoms with Crippen LogP contribution in [-0.2, 0) is 4.74 Å². The topological polar surface area (TPSA) is 95.2 Å². The van der Waals surface area contributed by atoms with E-state index in [1.165, 1.54) is 5.56 Å². The van der Waals surface area contributed by atoms with E-state index in [0.29, 0.717) is 43.8 Å². The van der Waals surface area contributed by atoms with Gasteiger partial charge < -0.3 is 25.3 Å². The van der Waals surface area contributed by atoms with Gasteiger partial charge in [-0.25, -0.2) is 4.98 Å². The van der Waals surface area contributed by atoms with Gasteiger partial charge in [0.2, 0.25) is 5.95 Å². The number of amides is 1. The van der Waals surface area contributed by atoms with Gasteiger partial charge in [0.15, 0.2) is 0 Å². The standard InChI is InChI=1S/C22H28N6O2/c1-4-7-23-20-13-19(26-22(27-20)28-8-10-30-11-9-28)21(29)25-16-5-6-18-17(12-16)14(2)15(3)24-18/h5-6,12-13,24H,4,7-11H2,1-3H3,(H,25,29)(H,23,26,27). The number of benzene rings is 1. The molecule has 0 radical (unpaired) electrons. The summed E-state index contributed by atoms with van der Waals surface area (Å²) in [7, 11) is 0. The van der Waals surface area contributed by atoms with Crippen molar-refractivity contribution in [2.75, 3.05) is 48.4 Å². The third kappa shape index (κ3) is 4.23. The third-order valence-corrected chi connectivity index (χ3v) is 5.36. The van der Waals surface area contributed by atoms with Gasteiger partial charge in [-0.1, -0.05) is 6.92 Å². The lowest BCUT2D eigenvalue weighted by Crippen LogP contribution is -2.37. The minimum atomic E-state index is -0.254. The van der Waals surface area contributed by atoms with Crippen molar-refractivity contribution in [2.45, 2.75) is 27.2 Å². The quantitative estimate of drug-likeness (QED) is 0.578. The Labute approximate surface area is 176 Å². The summed E-state index contributed by atoms with van der Waals surface area (Å²) in [6.07, 6.45) is 0.966. The van der Waals surface area contributed by atoms with E-state index in [-0.39, 0.29) is 5.91 Å². The number of rotatable bonds is 6. The van der Waals surface area contributed by atoms with Crippen LogP contribution in [0.1, 0.15) is 35.1 Å².